The second kappa shape index (κ2) is 7.55. The van der Waals surface area contributed by atoms with Gasteiger partial charge in [0, 0.05) is 19.3 Å². The van der Waals surface area contributed by atoms with Crippen molar-refractivity contribution in [3.8, 4) is 0 Å². The maximum atomic E-state index is 11.6. The van der Waals surface area contributed by atoms with E-state index in [1.165, 1.54) is 12.3 Å². The van der Waals surface area contributed by atoms with E-state index in [9.17, 15) is 19.2 Å². The number of rotatable bonds is 6. The quantitative estimate of drug-likeness (QED) is 0.737. The van der Waals surface area contributed by atoms with Crippen LogP contribution in [0.5, 0.6) is 0 Å². The van der Waals surface area contributed by atoms with Gasteiger partial charge in [-0.2, -0.15) is 0 Å². The molecule has 8 nitrogen and oxygen atoms in total. The SMILES string of the molecule is O=C(COC(=O)c1ccccn1)NCCN1C(=O)CSC1=O. The molecule has 1 aromatic rings. The zero-order chi connectivity index (χ0) is 15.9. The highest BCUT2D eigenvalue weighted by Crippen LogP contribution is 2.17. The van der Waals surface area contributed by atoms with Crippen molar-refractivity contribution in [1.82, 2.24) is 15.2 Å². The summed E-state index contributed by atoms with van der Waals surface area (Å²) in [6.45, 7) is -0.241. The lowest BCUT2D eigenvalue weighted by atomic mass is 10.3. The van der Waals surface area contributed by atoms with Crippen LogP contribution in [0.4, 0.5) is 4.79 Å². The van der Waals surface area contributed by atoms with Crippen molar-refractivity contribution in [2.75, 3.05) is 25.4 Å². The summed E-state index contributed by atoms with van der Waals surface area (Å²) in [5, 5.41) is 2.15. The molecular formula is C13H13N3O5S. The lowest BCUT2D eigenvalue weighted by Crippen LogP contribution is -2.38. The predicted octanol–water partition coefficient (Wildman–Crippen LogP) is 0.0500. The summed E-state index contributed by atoms with van der Waals surface area (Å²) in [5.74, 6) is -1.35. The minimum Gasteiger partial charge on any atom is -0.451 e. The van der Waals surface area contributed by atoms with Crippen LogP contribution in [-0.4, -0.2) is 58.4 Å². The largest absolute Gasteiger partial charge is 0.451 e. The monoisotopic (exact) mass is 323 g/mol. The first-order chi connectivity index (χ1) is 10.6. The van der Waals surface area contributed by atoms with Gasteiger partial charge in [0.05, 0.1) is 5.75 Å². The molecule has 0 saturated carbocycles. The summed E-state index contributed by atoms with van der Waals surface area (Å²) in [6.07, 6.45) is 1.44. The molecule has 1 aromatic heterocycles. The highest BCUT2D eigenvalue weighted by Gasteiger charge is 2.29. The number of ether oxygens (including phenoxy) is 1. The van der Waals surface area contributed by atoms with Crippen LogP contribution in [0.3, 0.4) is 0 Å². The van der Waals surface area contributed by atoms with Gasteiger partial charge < -0.3 is 10.1 Å². The molecule has 1 aliphatic rings. The van der Waals surface area contributed by atoms with Crippen LogP contribution in [0.25, 0.3) is 0 Å². The number of nitrogens with one attached hydrogen (secondary N) is 1. The summed E-state index contributed by atoms with van der Waals surface area (Å²) >= 11 is 0.933. The Balaban J connectivity index is 1.67. The molecule has 0 aliphatic carbocycles. The summed E-state index contributed by atoms with van der Waals surface area (Å²) in [5.41, 5.74) is 0.112. The Morgan fingerprint density at radius 1 is 1.36 bits per heavy atom. The van der Waals surface area contributed by atoms with E-state index < -0.39 is 18.5 Å². The standard InChI is InChI=1S/C13H13N3O5S/c17-10(7-21-12(19)9-3-1-2-4-14-9)15-5-6-16-11(18)8-22-13(16)20/h1-4H,5-8H2,(H,15,17). The van der Waals surface area contributed by atoms with Gasteiger partial charge in [-0.05, 0) is 12.1 Å². The van der Waals surface area contributed by atoms with Gasteiger partial charge >= 0.3 is 5.97 Å². The molecule has 0 spiro atoms. The van der Waals surface area contributed by atoms with Crippen molar-refractivity contribution in [1.29, 1.82) is 0 Å². The number of hydrogen-bond acceptors (Lipinski definition) is 7. The zero-order valence-electron chi connectivity index (χ0n) is 11.5. The zero-order valence-corrected chi connectivity index (χ0v) is 12.3. The van der Waals surface area contributed by atoms with Gasteiger partial charge in [0.2, 0.25) is 5.91 Å². The van der Waals surface area contributed by atoms with E-state index in [2.05, 4.69) is 10.3 Å². The van der Waals surface area contributed by atoms with Crippen LogP contribution in [0, 0.1) is 0 Å². The molecule has 22 heavy (non-hydrogen) atoms. The first kappa shape index (κ1) is 16.0. The average molecular weight is 323 g/mol. The fourth-order valence-electron chi connectivity index (χ4n) is 1.64. The normalized spacial score (nSPS) is 14.1. The number of nitrogens with zero attached hydrogens (tertiary/aromatic N) is 2. The highest BCUT2D eigenvalue weighted by molar-refractivity contribution is 8.14. The summed E-state index contributed by atoms with van der Waals surface area (Å²) in [6, 6.07) is 4.76. The van der Waals surface area contributed by atoms with E-state index in [1.807, 2.05) is 0 Å². The Labute approximate surface area is 130 Å². The van der Waals surface area contributed by atoms with Crippen LogP contribution < -0.4 is 5.32 Å². The third-order valence-corrected chi connectivity index (χ3v) is 3.57. The second-order valence-electron chi connectivity index (χ2n) is 4.24. The van der Waals surface area contributed by atoms with Crippen molar-refractivity contribution in [3.05, 3.63) is 30.1 Å². The fourth-order valence-corrected chi connectivity index (χ4v) is 2.40. The highest BCUT2D eigenvalue weighted by atomic mass is 32.2. The number of thioether (sulfide) groups is 1. The van der Waals surface area contributed by atoms with E-state index in [0.717, 1.165) is 16.7 Å². The molecule has 0 bridgehead atoms. The fraction of sp³-hybridized carbons (Fsp3) is 0.308. The maximum absolute atomic E-state index is 11.6. The van der Waals surface area contributed by atoms with Gasteiger partial charge in [0.1, 0.15) is 5.69 Å². The number of pyridine rings is 1. The number of amides is 3. The minimum absolute atomic E-state index is 0.102. The molecule has 3 amide bonds. The number of carbonyl (C=O) groups excluding carboxylic acids is 4. The Morgan fingerprint density at radius 3 is 2.82 bits per heavy atom. The lowest BCUT2D eigenvalue weighted by Gasteiger charge is -2.13. The van der Waals surface area contributed by atoms with Gasteiger partial charge in [-0.1, -0.05) is 17.8 Å². The topological polar surface area (TPSA) is 106 Å². The molecule has 2 heterocycles. The number of hydrogen-bond donors (Lipinski definition) is 1. The van der Waals surface area contributed by atoms with Crippen LogP contribution >= 0.6 is 11.8 Å². The number of carbonyl (C=O) groups is 4. The molecular weight excluding hydrogens is 310 g/mol. The smallest absolute Gasteiger partial charge is 0.357 e. The van der Waals surface area contributed by atoms with Crippen LogP contribution in [0.15, 0.2) is 24.4 Å². The molecule has 116 valence electrons. The molecule has 0 radical (unpaired) electrons. The first-order valence-corrected chi connectivity index (χ1v) is 7.38. The Kier molecular flexibility index (Phi) is 5.48. The van der Waals surface area contributed by atoms with Crippen molar-refractivity contribution in [2.45, 2.75) is 0 Å². The molecule has 1 saturated heterocycles. The van der Waals surface area contributed by atoms with Gasteiger partial charge in [-0.3, -0.25) is 19.3 Å². The van der Waals surface area contributed by atoms with E-state index in [-0.39, 0.29) is 35.7 Å². The summed E-state index contributed by atoms with van der Waals surface area (Å²) in [4.78, 5) is 50.6. The van der Waals surface area contributed by atoms with Crippen LogP contribution in [0.1, 0.15) is 10.5 Å². The van der Waals surface area contributed by atoms with E-state index >= 15 is 0 Å². The van der Waals surface area contributed by atoms with E-state index in [4.69, 9.17) is 4.74 Å². The molecule has 9 heteroatoms. The molecule has 0 atom stereocenters. The van der Waals surface area contributed by atoms with Crippen LogP contribution in [-0.2, 0) is 14.3 Å². The Morgan fingerprint density at radius 2 is 2.18 bits per heavy atom. The van der Waals surface area contributed by atoms with Crippen molar-refractivity contribution in [2.24, 2.45) is 0 Å². The molecule has 0 unspecified atom stereocenters. The summed E-state index contributed by atoms with van der Waals surface area (Å²) < 4.78 is 4.79. The van der Waals surface area contributed by atoms with Gasteiger partial charge in [0.25, 0.3) is 11.1 Å². The number of esters is 1. The minimum atomic E-state index is -0.697. The van der Waals surface area contributed by atoms with Crippen LogP contribution in [0.2, 0.25) is 0 Å². The van der Waals surface area contributed by atoms with Gasteiger partial charge in [-0.25, -0.2) is 9.78 Å². The molecule has 1 fully saturated rings. The Hall–Kier alpha value is -2.42. The summed E-state index contributed by atoms with van der Waals surface area (Å²) in [7, 11) is 0. The van der Waals surface area contributed by atoms with Crippen molar-refractivity contribution >= 4 is 34.8 Å². The van der Waals surface area contributed by atoms with E-state index in [1.54, 1.807) is 12.1 Å². The van der Waals surface area contributed by atoms with Gasteiger partial charge in [-0.15, -0.1) is 0 Å². The molecule has 0 aromatic carbocycles. The molecule has 1 N–H and O–H groups in total. The Bertz CT molecular complexity index is 577. The predicted molar refractivity (Wildman–Crippen MR) is 77.1 cm³/mol. The van der Waals surface area contributed by atoms with Crippen molar-refractivity contribution in [3.63, 3.8) is 0 Å². The number of aromatic nitrogens is 1. The number of imide groups is 1. The lowest BCUT2D eigenvalue weighted by molar-refractivity contribution is -0.126. The van der Waals surface area contributed by atoms with Crippen molar-refractivity contribution < 1.29 is 23.9 Å². The molecule has 2 rings (SSSR count). The molecule has 1 aliphatic heterocycles. The van der Waals surface area contributed by atoms with Gasteiger partial charge in [0.15, 0.2) is 6.61 Å². The first-order valence-electron chi connectivity index (χ1n) is 6.40. The second-order valence-corrected chi connectivity index (χ2v) is 5.17. The average Bonchev–Trinajstić information content (AvgIpc) is 2.85. The van der Waals surface area contributed by atoms with E-state index in [0.29, 0.717) is 0 Å². The maximum Gasteiger partial charge on any atom is 0.357 e. The third kappa shape index (κ3) is 4.29. The third-order valence-electron chi connectivity index (χ3n) is 2.71.